The predicted octanol–water partition coefficient (Wildman–Crippen LogP) is 3.44. The van der Waals surface area contributed by atoms with Gasteiger partial charge in [-0.1, -0.05) is 18.5 Å². The summed E-state index contributed by atoms with van der Waals surface area (Å²) in [5, 5.41) is 3.83. The van der Waals surface area contributed by atoms with Gasteiger partial charge in [0.05, 0.1) is 11.6 Å². The van der Waals surface area contributed by atoms with Gasteiger partial charge in [0.1, 0.15) is 5.82 Å². The Hall–Kier alpha value is -1.27. The minimum absolute atomic E-state index is 0.250. The lowest BCUT2D eigenvalue weighted by molar-refractivity contribution is 0.413. The molecule has 4 nitrogen and oxygen atoms in total. The summed E-state index contributed by atoms with van der Waals surface area (Å²) < 4.78 is 19.0. The molecule has 0 bridgehead atoms. The van der Waals surface area contributed by atoms with Gasteiger partial charge in [0, 0.05) is 4.47 Å². The lowest BCUT2D eigenvalue weighted by atomic mass is 10.2. The third kappa shape index (κ3) is 2.76. The van der Waals surface area contributed by atoms with Crippen LogP contribution in [0, 0.1) is 5.82 Å². The molecule has 2 aromatic rings. The van der Waals surface area contributed by atoms with Crippen LogP contribution >= 0.6 is 15.9 Å². The number of nitrogens with two attached hydrogens (primary N) is 1. The average Bonchev–Trinajstić information content (AvgIpc) is 2.82. The third-order valence-corrected chi connectivity index (χ3v) is 3.22. The Morgan fingerprint density at radius 2 is 2.28 bits per heavy atom. The number of benzene rings is 1. The summed E-state index contributed by atoms with van der Waals surface area (Å²) in [6, 6.07) is 4.04. The molecule has 1 atom stereocenters. The van der Waals surface area contributed by atoms with Gasteiger partial charge in [0.25, 0.3) is 5.89 Å². The standard InChI is InChI=1S/C12H13BrFN3O/c1-2-3-10(15)11-16-12(18-17-11)8-6-7(14)4-5-9(8)13/h4-6,10H,2-3,15H2,1H3. The predicted molar refractivity (Wildman–Crippen MR) is 69.2 cm³/mol. The molecule has 2 rings (SSSR count). The zero-order valence-corrected chi connectivity index (χ0v) is 11.4. The van der Waals surface area contributed by atoms with Gasteiger partial charge < -0.3 is 10.3 Å². The summed E-state index contributed by atoms with van der Waals surface area (Å²) in [5.74, 6) is 0.358. The summed E-state index contributed by atoms with van der Waals surface area (Å²) in [5.41, 5.74) is 6.42. The molecular formula is C12H13BrFN3O. The van der Waals surface area contributed by atoms with Crippen molar-refractivity contribution in [1.82, 2.24) is 10.1 Å². The van der Waals surface area contributed by atoms with Gasteiger partial charge in [-0.15, -0.1) is 0 Å². The summed E-state index contributed by atoms with van der Waals surface area (Å²) >= 11 is 3.32. The van der Waals surface area contributed by atoms with E-state index < -0.39 is 0 Å². The molecule has 1 aromatic carbocycles. The molecule has 96 valence electrons. The van der Waals surface area contributed by atoms with Gasteiger partial charge >= 0.3 is 0 Å². The minimum Gasteiger partial charge on any atom is -0.334 e. The van der Waals surface area contributed by atoms with Gasteiger partial charge in [-0.05, 0) is 40.5 Å². The van der Waals surface area contributed by atoms with Gasteiger partial charge in [-0.2, -0.15) is 4.98 Å². The van der Waals surface area contributed by atoms with E-state index in [-0.39, 0.29) is 17.7 Å². The lowest BCUT2D eigenvalue weighted by Gasteiger charge is -2.02. The van der Waals surface area contributed by atoms with Crippen LogP contribution in [0.2, 0.25) is 0 Å². The zero-order valence-electron chi connectivity index (χ0n) is 9.86. The second kappa shape index (κ2) is 5.58. The Bertz CT molecular complexity index is 544. The van der Waals surface area contributed by atoms with Gasteiger partial charge in [-0.3, -0.25) is 0 Å². The Morgan fingerprint density at radius 1 is 1.50 bits per heavy atom. The van der Waals surface area contributed by atoms with Crippen molar-refractivity contribution >= 4 is 15.9 Å². The highest BCUT2D eigenvalue weighted by atomic mass is 79.9. The van der Waals surface area contributed by atoms with E-state index >= 15 is 0 Å². The summed E-state index contributed by atoms with van der Waals surface area (Å²) in [6.45, 7) is 2.03. The fraction of sp³-hybridized carbons (Fsp3) is 0.333. The molecule has 0 fully saturated rings. The number of hydrogen-bond donors (Lipinski definition) is 1. The van der Waals surface area contributed by atoms with Crippen LogP contribution in [0.1, 0.15) is 31.6 Å². The largest absolute Gasteiger partial charge is 0.334 e. The fourth-order valence-electron chi connectivity index (χ4n) is 1.60. The molecule has 0 saturated heterocycles. The summed E-state index contributed by atoms with van der Waals surface area (Å²) in [4.78, 5) is 4.20. The van der Waals surface area contributed by atoms with Crippen molar-refractivity contribution in [3.05, 3.63) is 34.3 Å². The van der Waals surface area contributed by atoms with E-state index in [1.807, 2.05) is 6.92 Å². The molecule has 0 spiro atoms. The quantitative estimate of drug-likeness (QED) is 0.939. The van der Waals surface area contributed by atoms with Crippen molar-refractivity contribution < 1.29 is 8.91 Å². The van der Waals surface area contributed by atoms with E-state index in [4.69, 9.17) is 10.3 Å². The molecule has 6 heteroatoms. The first-order valence-electron chi connectivity index (χ1n) is 5.66. The molecule has 0 aliphatic carbocycles. The number of rotatable bonds is 4. The molecule has 18 heavy (non-hydrogen) atoms. The van der Waals surface area contributed by atoms with Crippen LogP contribution in [0.5, 0.6) is 0 Å². The van der Waals surface area contributed by atoms with Gasteiger partial charge in [0.15, 0.2) is 5.82 Å². The van der Waals surface area contributed by atoms with Crippen LogP contribution in [0.4, 0.5) is 4.39 Å². The van der Waals surface area contributed by atoms with Crippen molar-refractivity contribution in [3.63, 3.8) is 0 Å². The first-order valence-corrected chi connectivity index (χ1v) is 6.45. The Labute approximate surface area is 113 Å². The number of nitrogens with zero attached hydrogens (tertiary/aromatic N) is 2. The fourth-order valence-corrected chi connectivity index (χ4v) is 2.01. The molecule has 1 heterocycles. The highest BCUT2D eigenvalue weighted by molar-refractivity contribution is 9.10. The Kier molecular flexibility index (Phi) is 4.08. The van der Waals surface area contributed by atoms with Crippen LogP contribution in [0.15, 0.2) is 27.2 Å². The molecule has 0 aliphatic rings. The molecule has 0 radical (unpaired) electrons. The van der Waals surface area contributed by atoms with E-state index in [0.717, 1.165) is 12.8 Å². The number of halogens is 2. The topological polar surface area (TPSA) is 64.9 Å². The lowest BCUT2D eigenvalue weighted by Crippen LogP contribution is -2.11. The maximum absolute atomic E-state index is 13.2. The van der Waals surface area contributed by atoms with E-state index in [2.05, 4.69) is 26.1 Å². The van der Waals surface area contributed by atoms with Crippen molar-refractivity contribution in [2.24, 2.45) is 5.73 Å². The van der Waals surface area contributed by atoms with Crippen molar-refractivity contribution in [2.75, 3.05) is 0 Å². The normalized spacial score (nSPS) is 12.7. The molecule has 0 amide bonds. The minimum atomic E-state index is -0.356. The molecule has 0 saturated carbocycles. The van der Waals surface area contributed by atoms with E-state index in [1.165, 1.54) is 12.1 Å². The van der Waals surface area contributed by atoms with Gasteiger partial charge in [0.2, 0.25) is 0 Å². The second-order valence-electron chi connectivity index (χ2n) is 3.98. The van der Waals surface area contributed by atoms with Crippen LogP contribution in [-0.4, -0.2) is 10.1 Å². The van der Waals surface area contributed by atoms with Crippen LogP contribution in [0.3, 0.4) is 0 Å². The van der Waals surface area contributed by atoms with Crippen molar-refractivity contribution in [1.29, 1.82) is 0 Å². The maximum Gasteiger partial charge on any atom is 0.259 e. The Morgan fingerprint density at radius 3 is 3.00 bits per heavy atom. The first-order chi connectivity index (χ1) is 8.61. The van der Waals surface area contributed by atoms with Crippen LogP contribution in [-0.2, 0) is 0 Å². The molecule has 0 aliphatic heterocycles. The monoisotopic (exact) mass is 313 g/mol. The van der Waals surface area contributed by atoms with E-state index in [0.29, 0.717) is 15.9 Å². The third-order valence-electron chi connectivity index (χ3n) is 2.53. The van der Waals surface area contributed by atoms with Gasteiger partial charge in [-0.25, -0.2) is 4.39 Å². The van der Waals surface area contributed by atoms with Crippen molar-refractivity contribution in [2.45, 2.75) is 25.8 Å². The Balaban J connectivity index is 2.32. The molecule has 1 unspecified atom stereocenters. The smallest absolute Gasteiger partial charge is 0.259 e. The first kappa shape index (κ1) is 13.2. The van der Waals surface area contributed by atoms with Crippen LogP contribution < -0.4 is 5.73 Å². The van der Waals surface area contributed by atoms with E-state index in [1.54, 1.807) is 6.07 Å². The molecule has 2 N–H and O–H groups in total. The summed E-state index contributed by atoms with van der Waals surface area (Å²) in [6.07, 6.45) is 1.72. The van der Waals surface area contributed by atoms with Crippen LogP contribution in [0.25, 0.3) is 11.5 Å². The summed E-state index contributed by atoms with van der Waals surface area (Å²) in [7, 11) is 0. The molecule has 1 aromatic heterocycles. The van der Waals surface area contributed by atoms with Crippen molar-refractivity contribution in [3.8, 4) is 11.5 Å². The average molecular weight is 314 g/mol. The SMILES string of the molecule is CCCC(N)c1noc(-c2cc(F)ccc2Br)n1. The number of hydrogen-bond acceptors (Lipinski definition) is 4. The molecular weight excluding hydrogens is 301 g/mol. The second-order valence-corrected chi connectivity index (χ2v) is 4.83. The van der Waals surface area contributed by atoms with E-state index in [9.17, 15) is 4.39 Å². The number of aromatic nitrogens is 2. The maximum atomic E-state index is 13.2. The highest BCUT2D eigenvalue weighted by Gasteiger charge is 2.16. The highest BCUT2D eigenvalue weighted by Crippen LogP contribution is 2.28. The zero-order chi connectivity index (χ0) is 13.1.